The van der Waals surface area contributed by atoms with E-state index < -0.39 is 33.2 Å². The quantitative estimate of drug-likeness (QED) is 0.779. The van der Waals surface area contributed by atoms with E-state index in [9.17, 15) is 22.0 Å². The minimum absolute atomic E-state index is 0.115. The lowest BCUT2D eigenvalue weighted by Gasteiger charge is -2.29. The summed E-state index contributed by atoms with van der Waals surface area (Å²) in [5.41, 5.74) is -1.23. The molecule has 0 amide bonds. The van der Waals surface area contributed by atoms with Gasteiger partial charge in [0.1, 0.15) is 5.71 Å². The molecule has 1 atom stereocenters. The van der Waals surface area contributed by atoms with Gasteiger partial charge in [-0.1, -0.05) is 23.4 Å². The fourth-order valence-electron chi connectivity index (χ4n) is 3.06. The number of benzene rings is 2. The van der Waals surface area contributed by atoms with Gasteiger partial charge in [0.05, 0.1) is 4.90 Å². The van der Waals surface area contributed by atoms with Crippen LogP contribution < -0.4 is 5.14 Å². The molecule has 148 valence electrons. The van der Waals surface area contributed by atoms with E-state index in [1.54, 1.807) is 0 Å². The largest absolute Gasteiger partial charge is 0.444 e. The SMILES string of the molecule is CC(=O)OC1(c2ccc(F)c(F)c2-c2ccc(S(N)(=O)=O)cc2)CON=C1C. The number of carbonyl (C=O) groups excluding carboxylic acids is 1. The Kier molecular flexibility index (Phi) is 4.94. The summed E-state index contributed by atoms with van der Waals surface area (Å²) in [6.45, 7) is 2.49. The lowest BCUT2D eigenvalue weighted by molar-refractivity contribution is -0.153. The molecule has 1 unspecified atom stereocenters. The van der Waals surface area contributed by atoms with Gasteiger partial charge in [-0.2, -0.15) is 0 Å². The van der Waals surface area contributed by atoms with Crippen molar-refractivity contribution in [2.45, 2.75) is 24.3 Å². The highest BCUT2D eigenvalue weighted by Crippen LogP contribution is 2.41. The van der Waals surface area contributed by atoms with Crippen LogP contribution in [0.2, 0.25) is 0 Å². The van der Waals surface area contributed by atoms with E-state index in [1.165, 1.54) is 44.2 Å². The molecular weight excluding hydrogens is 394 g/mol. The standard InChI is InChI=1S/C18H16F2N2O5S/c1-10-18(9-26-22-10,27-11(2)23)14-7-8-15(19)17(20)16(14)12-3-5-13(6-4-12)28(21,24)25/h3-8H,9H2,1-2H3,(H2,21,24,25). The highest BCUT2D eigenvalue weighted by atomic mass is 32.2. The van der Waals surface area contributed by atoms with E-state index in [1.807, 2.05) is 0 Å². The molecule has 7 nitrogen and oxygen atoms in total. The minimum Gasteiger partial charge on any atom is -0.444 e. The van der Waals surface area contributed by atoms with Crippen molar-refractivity contribution in [2.75, 3.05) is 6.61 Å². The van der Waals surface area contributed by atoms with Crippen molar-refractivity contribution < 1.29 is 31.6 Å². The van der Waals surface area contributed by atoms with Crippen molar-refractivity contribution in [3.05, 3.63) is 53.6 Å². The zero-order valence-corrected chi connectivity index (χ0v) is 15.7. The molecule has 1 aliphatic heterocycles. The number of oxime groups is 1. The minimum atomic E-state index is -3.96. The Morgan fingerprint density at radius 3 is 2.36 bits per heavy atom. The Balaban J connectivity index is 2.26. The molecule has 2 aromatic carbocycles. The van der Waals surface area contributed by atoms with Crippen LogP contribution in [0.4, 0.5) is 8.78 Å². The Morgan fingerprint density at radius 1 is 1.21 bits per heavy atom. The molecule has 1 aliphatic rings. The third-order valence-electron chi connectivity index (χ3n) is 4.37. The molecule has 0 spiro atoms. The first-order valence-corrected chi connectivity index (χ1v) is 9.59. The van der Waals surface area contributed by atoms with Crippen LogP contribution in [0.3, 0.4) is 0 Å². The van der Waals surface area contributed by atoms with Crippen LogP contribution in [-0.4, -0.2) is 26.7 Å². The predicted octanol–water partition coefficient (Wildman–Crippen LogP) is 2.44. The van der Waals surface area contributed by atoms with E-state index in [0.717, 1.165) is 6.07 Å². The molecular formula is C18H16F2N2O5S. The Bertz CT molecular complexity index is 1080. The summed E-state index contributed by atoms with van der Waals surface area (Å²) in [5, 5.41) is 8.85. The molecule has 0 aliphatic carbocycles. The first-order chi connectivity index (χ1) is 13.1. The lowest BCUT2D eigenvalue weighted by atomic mass is 9.84. The zero-order valence-electron chi connectivity index (χ0n) is 14.9. The van der Waals surface area contributed by atoms with Crippen LogP contribution in [0, 0.1) is 11.6 Å². The Labute approximate surface area is 159 Å². The van der Waals surface area contributed by atoms with Gasteiger partial charge < -0.3 is 9.57 Å². The summed E-state index contributed by atoms with van der Waals surface area (Å²) in [7, 11) is -3.96. The van der Waals surface area contributed by atoms with Crippen LogP contribution >= 0.6 is 0 Å². The van der Waals surface area contributed by atoms with Gasteiger partial charge in [0.25, 0.3) is 0 Å². The van der Waals surface area contributed by atoms with Gasteiger partial charge in [0.15, 0.2) is 18.2 Å². The first-order valence-electron chi connectivity index (χ1n) is 8.04. The second kappa shape index (κ2) is 6.95. The number of primary sulfonamides is 1. The maximum atomic E-state index is 14.8. The van der Waals surface area contributed by atoms with Crippen LogP contribution in [0.15, 0.2) is 46.4 Å². The van der Waals surface area contributed by atoms with E-state index in [0.29, 0.717) is 0 Å². The predicted molar refractivity (Wildman–Crippen MR) is 95.7 cm³/mol. The second-order valence-electron chi connectivity index (χ2n) is 6.22. The van der Waals surface area contributed by atoms with E-state index in [2.05, 4.69) is 5.16 Å². The van der Waals surface area contributed by atoms with E-state index in [-0.39, 0.29) is 33.9 Å². The van der Waals surface area contributed by atoms with Gasteiger partial charge >= 0.3 is 5.97 Å². The van der Waals surface area contributed by atoms with Crippen molar-refractivity contribution in [3.8, 4) is 11.1 Å². The van der Waals surface area contributed by atoms with Crippen LogP contribution in [0.1, 0.15) is 19.4 Å². The van der Waals surface area contributed by atoms with Crippen molar-refractivity contribution in [2.24, 2.45) is 10.3 Å². The third-order valence-corrected chi connectivity index (χ3v) is 5.30. The highest BCUT2D eigenvalue weighted by Gasteiger charge is 2.47. The number of ether oxygens (including phenoxy) is 1. The number of carbonyl (C=O) groups is 1. The molecule has 0 radical (unpaired) electrons. The van der Waals surface area contributed by atoms with Crippen molar-refractivity contribution >= 4 is 21.7 Å². The fraction of sp³-hybridized carbons (Fsp3) is 0.222. The average molecular weight is 410 g/mol. The molecule has 0 bridgehead atoms. The molecule has 10 heteroatoms. The molecule has 0 saturated carbocycles. The van der Waals surface area contributed by atoms with Crippen LogP contribution in [0.5, 0.6) is 0 Å². The summed E-state index contributed by atoms with van der Waals surface area (Å²) in [6.07, 6.45) is 0. The number of sulfonamides is 1. The van der Waals surface area contributed by atoms with E-state index >= 15 is 0 Å². The highest BCUT2D eigenvalue weighted by molar-refractivity contribution is 7.89. The number of rotatable bonds is 4. The van der Waals surface area contributed by atoms with Gasteiger partial charge in [-0.15, -0.1) is 0 Å². The number of hydrogen-bond donors (Lipinski definition) is 1. The lowest BCUT2D eigenvalue weighted by Crippen LogP contribution is -2.40. The van der Waals surface area contributed by atoms with Gasteiger partial charge in [0.2, 0.25) is 15.6 Å². The van der Waals surface area contributed by atoms with Crippen molar-refractivity contribution in [3.63, 3.8) is 0 Å². The summed E-state index contributed by atoms with van der Waals surface area (Å²) in [6, 6.07) is 7.09. The molecule has 2 N–H and O–H groups in total. The maximum absolute atomic E-state index is 14.8. The molecule has 0 aromatic heterocycles. The van der Waals surface area contributed by atoms with Gasteiger partial charge in [0, 0.05) is 18.1 Å². The normalized spacial score (nSPS) is 19.1. The van der Waals surface area contributed by atoms with Gasteiger partial charge in [-0.3, -0.25) is 4.79 Å². The molecule has 1 heterocycles. The fourth-order valence-corrected chi connectivity index (χ4v) is 3.57. The number of hydrogen-bond acceptors (Lipinski definition) is 6. The monoisotopic (exact) mass is 410 g/mol. The summed E-state index contributed by atoms with van der Waals surface area (Å²) in [5.74, 6) is -2.98. The average Bonchev–Trinajstić information content (AvgIpc) is 2.97. The number of halogens is 2. The first kappa shape index (κ1) is 19.9. The molecule has 2 aromatic rings. The molecule has 0 saturated heterocycles. The number of nitrogens with zero attached hydrogens (tertiary/aromatic N) is 1. The molecule has 0 fully saturated rings. The van der Waals surface area contributed by atoms with Gasteiger partial charge in [-0.05, 0) is 30.7 Å². The van der Waals surface area contributed by atoms with Gasteiger partial charge in [-0.25, -0.2) is 22.3 Å². The van der Waals surface area contributed by atoms with Crippen LogP contribution in [-0.2, 0) is 30.0 Å². The topological polar surface area (TPSA) is 108 Å². The van der Waals surface area contributed by atoms with Crippen molar-refractivity contribution in [1.82, 2.24) is 0 Å². The second-order valence-corrected chi connectivity index (χ2v) is 7.79. The molecule has 3 rings (SSSR count). The Hall–Kier alpha value is -2.85. The zero-order chi connectivity index (χ0) is 20.7. The van der Waals surface area contributed by atoms with E-state index in [4.69, 9.17) is 14.7 Å². The molecule has 28 heavy (non-hydrogen) atoms. The van der Waals surface area contributed by atoms with Crippen LogP contribution in [0.25, 0.3) is 11.1 Å². The summed E-state index contributed by atoms with van der Waals surface area (Å²) >= 11 is 0. The smallest absolute Gasteiger partial charge is 0.304 e. The Morgan fingerprint density at radius 2 is 1.86 bits per heavy atom. The van der Waals surface area contributed by atoms with Crippen molar-refractivity contribution in [1.29, 1.82) is 0 Å². The third kappa shape index (κ3) is 3.36. The number of nitrogens with two attached hydrogens (primary N) is 1. The summed E-state index contributed by atoms with van der Waals surface area (Å²) < 4.78 is 57.2. The summed E-state index contributed by atoms with van der Waals surface area (Å²) in [4.78, 5) is 16.6. The number of esters is 1. The maximum Gasteiger partial charge on any atom is 0.304 e.